The van der Waals surface area contributed by atoms with E-state index in [1.54, 1.807) is 7.11 Å². The third-order valence-corrected chi connectivity index (χ3v) is 2.69. The van der Waals surface area contributed by atoms with E-state index in [-0.39, 0.29) is 0 Å². The van der Waals surface area contributed by atoms with Crippen LogP contribution in [-0.2, 0) is 4.74 Å². The van der Waals surface area contributed by atoms with Crippen LogP contribution in [0.25, 0.3) is 0 Å². The summed E-state index contributed by atoms with van der Waals surface area (Å²) in [4.78, 5) is 4.34. The van der Waals surface area contributed by atoms with Gasteiger partial charge >= 0.3 is 0 Å². The van der Waals surface area contributed by atoms with Gasteiger partial charge in [-0.05, 0) is 19.8 Å². The molecule has 0 amide bonds. The van der Waals surface area contributed by atoms with Gasteiger partial charge in [-0.3, -0.25) is 0 Å². The Bertz CT molecular complexity index is 307. The first-order valence-electron chi connectivity index (χ1n) is 5.84. The van der Waals surface area contributed by atoms with Gasteiger partial charge in [0.1, 0.15) is 0 Å². The maximum atomic E-state index is 5.21. The Kier molecular flexibility index (Phi) is 4.80. The van der Waals surface area contributed by atoms with Crippen LogP contribution in [-0.4, -0.2) is 29.3 Å². The van der Waals surface area contributed by atoms with Crippen molar-refractivity contribution in [3.8, 4) is 0 Å². The Balaban J connectivity index is 2.73. The van der Waals surface area contributed by atoms with Crippen molar-refractivity contribution in [2.45, 2.75) is 39.8 Å². The van der Waals surface area contributed by atoms with Gasteiger partial charge in [-0.15, -0.1) is 0 Å². The minimum absolute atomic E-state index is 0.296. The van der Waals surface area contributed by atoms with Crippen LogP contribution in [0.15, 0.2) is 12.4 Å². The molecule has 0 spiro atoms. The van der Waals surface area contributed by atoms with Gasteiger partial charge in [0.15, 0.2) is 0 Å². The Hall–Kier alpha value is -1.03. The van der Waals surface area contributed by atoms with Crippen molar-refractivity contribution in [1.29, 1.82) is 0 Å². The summed E-state index contributed by atoms with van der Waals surface area (Å²) in [6.07, 6.45) is 3.82. The van der Waals surface area contributed by atoms with Crippen LogP contribution in [0, 0.1) is 5.92 Å². The number of nitrogens with one attached hydrogen (secondary N) is 1. The number of aromatic nitrogens is 2. The maximum absolute atomic E-state index is 5.21. The lowest BCUT2D eigenvalue weighted by atomic mass is 10.1. The van der Waals surface area contributed by atoms with Gasteiger partial charge in [0.25, 0.3) is 0 Å². The molecular formula is C12H23N3O. The van der Waals surface area contributed by atoms with E-state index in [1.165, 1.54) is 0 Å². The fourth-order valence-corrected chi connectivity index (χ4v) is 1.59. The van der Waals surface area contributed by atoms with Crippen molar-refractivity contribution in [3.05, 3.63) is 12.4 Å². The Morgan fingerprint density at radius 1 is 1.38 bits per heavy atom. The summed E-state index contributed by atoms with van der Waals surface area (Å²) in [5.74, 6) is 1.43. The predicted molar refractivity (Wildman–Crippen MR) is 66.7 cm³/mol. The van der Waals surface area contributed by atoms with Crippen molar-refractivity contribution >= 4 is 5.95 Å². The number of anilines is 1. The number of methoxy groups -OCH3 is 1. The van der Waals surface area contributed by atoms with Gasteiger partial charge in [0, 0.05) is 25.5 Å². The highest BCUT2D eigenvalue weighted by Crippen LogP contribution is 2.15. The quantitative estimate of drug-likeness (QED) is 0.808. The number of nitrogens with zero attached hydrogens (tertiary/aromatic N) is 2. The van der Waals surface area contributed by atoms with E-state index in [2.05, 4.69) is 42.6 Å². The minimum atomic E-state index is 0.296. The fraction of sp³-hybridized carbons (Fsp3) is 0.750. The molecule has 0 bridgehead atoms. The molecular weight excluding hydrogens is 202 g/mol. The van der Waals surface area contributed by atoms with Gasteiger partial charge in [0.05, 0.1) is 12.6 Å². The highest BCUT2D eigenvalue weighted by Gasteiger charge is 2.15. The largest absolute Gasteiger partial charge is 0.383 e. The molecule has 0 saturated heterocycles. The molecule has 1 aromatic heterocycles. The van der Waals surface area contributed by atoms with E-state index < -0.39 is 0 Å². The molecule has 0 aliphatic rings. The van der Waals surface area contributed by atoms with Crippen LogP contribution in [0.1, 0.15) is 33.7 Å². The first kappa shape index (κ1) is 13.0. The van der Waals surface area contributed by atoms with Crippen LogP contribution in [0.3, 0.4) is 0 Å². The Morgan fingerprint density at radius 2 is 2.06 bits per heavy atom. The summed E-state index contributed by atoms with van der Waals surface area (Å²) in [7, 11) is 1.73. The number of rotatable bonds is 6. The number of hydrogen-bond donors (Lipinski definition) is 1. The number of imidazole rings is 1. The first-order chi connectivity index (χ1) is 7.56. The van der Waals surface area contributed by atoms with Crippen LogP contribution in [0.2, 0.25) is 0 Å². The highest BCUT2D eigenvalue weighted by atomic mass is 16.5. The third-order valence-electron chi connectivity index (χ3n) is 2.69. The lowest BCUT2D eigenvalue weighted by Crippen LogP contribution is -2.31. The molecule has 0 aliphatic heterocycles. The summed E-state index contributed by atoms with van der Waals surface area (Å²) < 4.78 is 7.34. The normalized spacial score (nSPS) is 13.4. The predicted octanol–water partition coefficient (Wildman–Crippen LogP) is 2.55. The van der Waals surface area contributed by atoms with Gasteiger partial charge < -0.3 is 14.6 Å². The van der Waals surface area contributed by atoms with Crippen LogP contribution >= 0.6 is 0 Å². The Labute approximate surface area is 98.0 Å². The molecule has 4 nitrogen and oxygen atoms in total. The average Bonchev–Trinajstić information content (AvgIpc) is 2.65. The molecule has 4 heteroatoms. The SMILES string of the molecule is COCC(Nc1nccn1C(C)C)C(C)C. The topological polar surface area (TPSA) is 39.1 Å². The molecule has 0 saturated carbocycles. The molecule has 92 valence electrons. The zero-order valence-electron chi connectivity index (χ0n) is 10.9. The zero-order chi connectivity index (χ0) is 12.1. The minimum Gasteiger partial charge on any atom is -0.383 e. The van der Waals surface area contributed by atoms with Crippen molar-refractivity contribution in [1.82, 2.24) is 9.55 Å². The molecule has 1 unspecified atom stereocenters. The molecule has 1 aromatic rings. The van der Waals surface area contributed by atoms with Crippen LogP contribution in [0.5, 0.6) is 0 Å². The van der Waals surface area contributed by atoms with E-state index in [4.69, 9.17) is 4.74 Å². The smallest absolute Gasteiger partial charge is 0.203 e. The summed E-state index contributed by atoms with van der Waals surface area (Å²) in [5, 5.41) is 3.44. The summed E-state index contributed by atoms with van der Waals surface area (Å²) >= 11 is 0. The highest BCUT2D eigenvalue weighted by molar-refractivity contribution is 5.28. The number of hydrogen-bond acceptors (Lipinski definition) is 3. The van der Waals surface area contributed by atoms with Gasteiger partial charge in [0.2, 0.25) is 5.95 Å². The molecule has 0 aliphatic carbocycles. The van der Waals surface area contributed by atoms with Gasteiger partial charge in [-0.1, -0.05) is 13.8 Å². The second-order valence-corrected chi connectivity index (χ2v) is 4.70. The number of ether oxygens (including phenoxy) is 1. The van der Waals surface area contributed by atoms with Crippen molar-refractivity contribution in [2.24, 2.45) is 5.92 Å². The van der Waals surface area contributed by atoms with E-state index in [1.807, 2.05) is 12.4 Å². The van der Waals surface area contributed by atoms with Gasteiger partial charge in [-0.2, -0.15) is 0 Å². The summed E-state index contributed by atoms with van der Waals surface area (Å²) in [6.45, 7) is 9.35. The fourth-order valence-electron chi connectivity index (χ4n) is 1.59. The average molecular weight is 225 g/mol. The lowest BCUT2D eigenvalue weighted by molar-refractivity contribution is 0.170. The standard InChI is InChI=1S/C12H23N3O/c1-9(2)11(8-16-5)14-12-13-6-7-15(12)10(3)4/h6-7,9-11H,8H2,1-5H3,(H,13,14). The van der Waals surface area contributed by atoms with Crippen molar-refractivity contribution in [2.75, 3.05) is 19.0 Å². The molecule has 1 atom stereocenters. The van der Waals surface area contributed by atoms with E-state index in [0.29, 0.717) is 24.6 Å². The molecule has 0 radical (unpaired) electrons. The molecule has 1 heterocycles. The third kappa shape index (κ3) is 3.23. The van der Waals surface area contributed by atoms with E-state index >= 15 is 0 Å². The zero-order valence-corrected chi connectivity index (χ0v) is 10.9. The lowest BCUT2D eigenvalue weighted by Gasteiger charge is -2.23. The molecule has 1 N–H and O–H groups in total. The van der Waals surface area contributed by atoms with Crippen LogP contribution < -0.4 is 5.32 Å². The first-order valence-corrected chi connectivity index (χ1v) is 5.84. The van der Waals surface area contributed by atoms with Crippen LogP contribution in [0.4, 0.5) is 5.95 Å². The second kappa shape index (κ2) is 5.89. The van der Waals surface area contributed by atoms with Crippen molar-refractivity contribution < 1.29 is 4.74 Å². The molecule has 0 fully saturated rings. The van der Waals surface area contributed by atoms with E-state index in [9.17, 15) is 0 Å². The Morgan fingerprint density at radius 3 is 2.56 bits per heavy atom. The molecule has 1 rings (SSSR count). The molecule has 0 aromatic carbocycles. The second-order valence-electron chi connectivity index (χ2n) is 4.70. The monoisotopic (exact) mass is 225 g/mol. The summed E-state index contributed by atoms with van der Waals surface area (Å²) in [5.41, 5.74) is 0. The summed E-state index contributed by atoms with van der Waals surface area (Å²) in [6, 6.07) is 0.713. The van der Waals surface area contributed by atoms with Gasteiger partial charge in [-0.25, -0.2) is 4.98 Å². The van der Waals surface area contributed by atoms with E-state index in [0.717, 1.165) is 5.95 Å². The molecule has 16 heavy (non-hydrogen) atoms. The maximum Gasteiger partial charge on any atom is 0.203 e. The van der Waals surface area contributed by atoms with Crippen molar-refractivity contribution in [3.63, 3.8) is 0 Å².